The molecule has 142 valence electrons. The molecule has 0 saturated carbocycles. The Morgan fingerprint density at radius 1 is 1.07 bits per heavy atom. The summed E-state index contributed by atoms with van der Waals surface area (Å²) in [6.07, 6.45) is 4.67. The Labute approximate surface area is 167 Å². The lowest BCUT2D eigenvalue weighted by atomic mass is 10.1. The molecule has 0 atom stereocenters. The summed E-state index contributed by atoms with van der Waals surface area (Å²) in [4.78, 5) is 12.7. The van der Waals surface area contributed by atoms with Gasteiger partial charge in [0.1, 0.15) is 31.1 Å². The number of nitriles is 1. The van der Waals surface area contributed by atoms with Crippen LogP contribution in [0.3, 0.4) is 0 Å². The molecule has 0 radical (unpaired) electrons. The lowest BCUT2D eigenvalue weighted by Gasteiger charge is -2.10. The summed E-state index contributed by atoms with van der Waals surface area (Å²) in [5.41, 5.74) is 2.71. The minimum Gasteiger partial charge on any atom is -0.492 e. The van der Waals surface area contributed by atoms with E-state index in [0.717, 1.165) is 17.0 Å². The quantitative estimate of drug-likeness (QED) is 0.522. The Morgan fingerprint density at radius 3 is 2.62 bits per heavy atom. The first-order valence-electron chi connectivity index (χ1n) is 8.97. The lowest BCUT2D eigenvalue weighted by molar-refractivity contribution is 0.291. The zero-order valence-corrected chi connectivity index (χ0v) is 15.4. The van der Waals surface area contributed by atoms with E-state index in [4.69, 9.17) is 4.74 Å². The molecule has 2 heterocycles. The van der Waals surface area contributed by atoms with E-state index in [0.29, 0.717) is 30.4 Å². The van der Waals surface area contributed by atoms with Crippen LogP contribution in [0, 0.1) is 11.3 Å². The number of aromatic nitrogens is 5. The van der Waals surface area contributed by atoms with Gasteiger partial charge in [0.2, 0.25) is 5.95 Å². The van der Waals surface area contributed by atoms with E-state index in [1.807, 2.05) is 54.6 Å². The van der Waals surface area contributed by atoms with Crippen molar-refractivity contribution in [2.45, 2.75) is 6.54 Å². The highest BCUT2D eigenvalue weighted by molar-refractivity contribution is 5.68. The number of anilines is 2. The van der Waals surface area contributed by atoms with Gasteiger partial charge in [0.25, 0.3) is 0 Å². The molecule has 0 aliphatic carbocycles. The van der Waals surface area contributed by atoms with Crippen LogP contribution in [0.2, 0.25) is 0 Å². The maximum atomic E-state index is 9.35. The third kappa shape index (κ3) is 4.54. The molecular weight excluding hydrogens is 366 g/mol. The van der Waals surface area contributed by atoms with Crippen molar-refractivity contribution < 1.29 is 4.74 Å². The maximum Gasteiger partial charge on any atom is 0.227 e. The van der Waals surface area contributed by atoms with E-state index in [1.165, 1.54) is 12.5 Å². The summed E-state index contributed by atoms with van der Waals surface area (Å²) in [5, 5.41) is 16.5. The summed E-state index contributed by atoms with van der Waals surface area (Å²) >= 11 is 0. The normalized spacial score (nSPS) is 10.3. The van der Waals surface area contributed by atoms with Crippen molar-refractivity contribution >= 4 is 11.6 Å². The van der Waals surface area contributed by atoms with Crippen molar-refractivity contribution in [2.75, 3.05) is 11.9 Å². The third-order valence-corrected chi connectivity index (χ3v) is 4.12. The molecule has 0 spiro atoms. The molecule has 8 heteroatoms. The smallest absolute Gasteiger partial charge is 0.227 e. The van der Waals surface area contributed by atoms with Gasteiger partial charge in [-0.25, -0.2) is 19.6 Å². The highest BCUT2D eigenvalue weighted by Gasteiger charge is 2.09. The number of rotatable bonds is 7. The van der Waals surface area contributed by atoms with Gasteiger partial charge in [0.05, 0.1) is 24.0 Å². The molecule has 0 saturated heterocycles. The largest absolute Gasteiger partial charge is 0.492 e. The van der Waals surface area contributed by atoms with E-state index < -0.39 is 0 Å². The van der Waals surface area contributed by atoms with Gasteiger partial charge in [0.15, 0.2) is 0 Å². The summed E-state index contributed by atoms with van der Waals surface area (Å²) in [6, 6.07) is 19.2. The predicted octanol–water partition coefficient (Wildman–Crippen LogP) is 3.43. The van der Waals surface area contributed by atoms with Gasteiger partial charge < -0.3 is 10.1 Å². The minimum absolute atomic E-state index is 0.419. The molecule has 1 N–H and O–H groups in total. The van der Waals surface area contributed by atoms with E-state index >= 15 is 0 Å². The van der Waals surface area contributed by atoms with Crippen molar-refractivity contribution in [3.8, 4) is 23.1 Å². The van der Waals surface area contributed by atoms with Gasteiger partial charge in [-0.05, 0) is 24.3 Å². The van der Waals surface area contributed by atoms with Gasteiger partial charge in [-0.3, -0.25) is 0 Å². The lowest BCUT2D eigenvalue weighted by Crippen LogP contribution is -2.08. The van der Waals surface area contributed by atoms with Crippen LogP contribution in [0.4, 0.5) is 11.6 Å². The Bertz CT molecular complexity index is 1100. The zero-order chi connectivity index (χ0) is 19.9. The van der Waals surface area contributed by atoms with Crippen LogP contribution in [-0.2, 0) is 6.54 Å². The molecule has 0 aliphatic heterocycles. The summed E-state index contributed by atoms with van der Waals surface area (Å²) < 4.78 is 7.42. The van der Waals surface area contributed by atoms with E-state index in [9.17, 15) is 5.26 Å². The van der Waals surface area contributed by atoms with Crippen LogP contribution < -0.4 is 10.1 Å². The fourth-order valence-corrected chi connectivity index (χ4v) is 2.71. The van der Waals surface area contributed by atoms with Gasteiger partial charge >= 0.3 is 0 Å². The van der Waals surface area contributed by atoms with Crippen LogP contribution in [0.15, 0.2) is 73.4 Å². The van der Waals surface area contributed by atoms with Crippen molar-refractivity contribution in [1.82, 2.24) is 24.7 Å². The Kier molecular flexibility index (Phi) is 5.39. The summed E-state index contributed by atoms with van der Waals surface area (Å²) in [6.45, 7) is 1.12. The second kappa shape index (κ2) is 8.63. The summed E-state index contributed by atoms with van der Waals surface area (Å²) in [5.74, 6) is 1.17. The first kappa shape index (κ1) is 18.1. The van der Waals surface area contributed by atoms with Crippen LogP contribution in [0.1, 0.15) is 5.56 Å². The van der Waals surface area contributed by atoms with Crippen molar-refractivity contribution in [2.24, 2.45) is 0 Å². The van der Waals surface area contributed by atoms with Crippen LogP contribution in [0.25, 0.3) is 11.3 Å². The monoisotopic (exact) mass is 383 g/mol. The standard InChI is InChI=1S/C21H17N7O/c22-12-17-13-24-21(27-20(17)16-4-2-1-3-5-16)26-18-6-8-19(9-7-18)29-11-10-28-15-23-14-25-28/h1-9,13-15H,10-11H2,(H,24,26,27). The van der Waals surface area contributed by atoms with Crippen LogP contribution in [-0.4, -0.2) is 31.3 Å². The number of ether oxygens (including phenoxy) is 1. The van der Waals surface area contributed by atoms with E-state index in [-0.39, 0.29) is 0 Å². The number of benzene rings is 2. The molecular formula is C21H17N7O. The second-order valence-electron chi connectivity index (χ2n) is 6.09. The molecule has 0 aliphatic rings. The maximum absolute atomic E-state index is 9.35. The van der Waals surface area contributed by atoms with Crippen LogP contribution >= 0.6 is 0 Å². The van der Waals surface area contributed by atoms with E-state index in [1.54, 1.807) is 11.0 Å². The highest BCUT2D eigenvalue weighted by atomic mass is 16.5. The van der Waals surface area contributed by atoms with Gasteiger partial charge in [-0.15, -0.1) is 0 Å². The SMILES string of the molecule is N#Cc1cnc(Nc2ccc(OCCn3cncn3)cc2)nc1-c1ccccc1. The zero-order valence-electron chi connectivity index (χ0n) is 15.4. The van der Waals surface area contributed by atoms with Crippen LogP contribution in [0.5, 0.6) is 5.75 Å². The molecule has 0 amide bonds. The molecule has 4 aromatic rings. The first-order chi connectivity index (χ1) is 14.3. The fourth-order valence-electron chi connectivity index (χ4n) is 2.71. The molecule has 0 unspecified atom stereocenters. The number of nitrogens with one attached hydrogen (secondary N) is 1. The number of nitrogens with zero attached hydrogens (tertiary/aromatic N) is 6. The molecule has 29 heavy (non-hydrogen) atoms. The van der Waals surface area contributed by atoms with Gasteiger partial charge in [-0.1, -0.05) is 30.3 Å². The van der Waals surface area contributed by atoms with Crippen molar-refractivity contribution in [3.05, 3.63) is 79.0 Å². The Hall–Kier alpha value is -4.25. The predicted molar refractivity (Wildman–Crippen MR) is 107 cm³/mol. The van der Waals surface area contributed by atoms with Gasteiger partial charge in [-0.2, -0.15) is 10.4 Å². The molecule has 2 aromatic carbocycles. The topological polar surface area (TPSA) is 102 Å². The Balaban J connectivity index is 1.43. The minimum atomic E-state index is 0.419. The third-order valence-electron chi connectivity index (χ3n) is 4.12. The van der Waals surface area contributed by atoms with E-state index in [2.05, 4.69) is 31.4 Å². The van der Waals surface area contributed by atoms with Crippen molar-refractivity contribution in [1.29, 1.82) is 5.26 Å². The van der Waals surface area contributed by atoms with Crippen molar-refractivity contribution in [3.63, 3.8) is 0 Å². The highest BCUT2D eigenvalue weighted by Crippen LogP contribution is 2.23. The average molecular weight is 383 g/mol. The fraction of sp³-hybridized carbons (Fsp3) is 0.0952. The first-order valence-corrected chi connectivity index (χ1v) is 8.97. The summed E-state index contributed by atoms with van der Waals surface area (Å²) in [7, 11) is 0. The van der Waals surface area contributed by atoms with Gasteiger partial charge in [0, 0.05) is 11.3 Å². The second-order valence-corrected chi connectivity index (χ2v) is 6.09. The molecule has 2 aromatic heterocycles. The molecule has 4 rings (SSSR count). The number of hydrogen-bond donors (Lipinski definition) is 1. The Morgan fingerprint density at radius 2 is 1.90 bits per heavy atom. The molecule has 0 fully saturated rings. The molecule has 0 bridgehead atoms. The molecule has 8 nitrogen and oxygen atoms in total. The average Bonchev–Trinajstić information content (AvgIpc) is 3.29. The number of hydrogen-bond acceptors (Lipinski definition) is 7.